The fourth-order valence-electron chi connectivity index (χ4n) is 1.78. The third-order valence-electron chi connectivity index (χ3n) is 3.54. The molecule has 0 radical (unpaired) electrons. The van der Waals surface area contributed by atoms with Crippen molar-refractivity contribution < 1.29 is 9.53 Å². The molecule has 1 aromatic rings. The van der Waals surface area contributed by atoms with E-state index in [2.05, 4.69) is 5.32 Å². The lowest BCUT2D eigenvalue weighted by Gasteiger charge is -2.26. The SMILES string of the molecule is CCC(N)(CC)CNC(=O)c1ccc(COC)cc1.Cl. The summed E-state index contributed by atoms with van der Waals surface area (Å²) in [5.74, 6) is -0.0827. The number of carbonyl (C=O) groups excluding carboxylic acids is 1. The number of halogens is 1. The van der Waals surface area contributed by atoms with E-state index in [0.717, 1.165) is 18.4 Å². The van der Waals surface area contributed by atoms with Crippen LogP contribution in [0.2, 0.25) is 0 Å². The van der Waals surface area contributed by atoms with Crippen LogP contribution in [0.5, 0.6) is 0 Å². The second kappa shape index (κ2) is 8.95. The van der Waals surface area contributed by atoms with Crippen molar-refractivity contribution in [2.45, 2.75) is 38.8 Å². The molecule has 0 aromatic heterocycles. The molecule has 20 heavy (non-hydrogen) atoms. The standard InChI is InChI=1S/C15H24N2O2.ClH/c1-4-15(16,5-2)11-17-14(18)13-8-6-12(7-9-13)10-19-3;/h6-9H,4-5,10-11,16H2,1-3H3,(H,17,18);1H. The van der Waals surface area contributed by atoms with Gasteiger partial charge in [-0.15, -0.1) is 12.4 Å². The van der Waals surface area contributed by atoms with E-state index in [1.54, 1.807) is 19.2 Å². The lowest BCUT2D eigenvalue weighted by Crippen LogP contribution is -2.49. The molecule has 0 heterocycles. The number of benzene rings is 1. The zero-order valence-electron chi connectivity index (χ0n) is 12.4. The predicted molar refractivity (Wildman–Crippen MR) is 84.2 cm³/mol. The molecular weight excluding hydrogens is 276 g/mol. The highest BCUT2D eigenvalue weighted by molar-refractivity contribution is 5.94. The molecule has 3 N–H and O–H groups in total. The Morgan fingerprint density at radius 1 is 1.25 bits per heavy atom. The fraction of sp³-hybridized carbons (Fsp3) is 0.533. The highest BCUT2D eigenvalue weighted by Gasteiger charge is 2.21. The van der Waals surface area contributed by atoms with Crippen LogP contribution < -0.4 is 11.1 Å². The zero-order valence-corrected chi connectivity index (χ0v) is 13.3. The van der Waals surface area contributed by atoms with Gasteiger partial charge < -0.3 is 15.8 Å². The van der Waals surface area contributed by atoms with E-state index in [1.165, 1.54) is 0 Å². The van der Waals surface area contributed by atoms with Crippen molar-refractivity contribution in [3.63, 3.8) is 0 Å². The summed E-state index contributed by atoms with van der Waals surface area (Å²) in [5.41, 5.74) is 7.54. The maximum absolute atomic E-state index is 12.0. The number of methoxy groups -OCH3 is 1. The van der Waals surface area contributed by atoms with Gasteiger partial charge in [-0.25, -0.2) is 0 Å². The molecule has 114 valence electrons. The summed E-state index contributed by atoms with van der Waals surface area (Å²) in [6, 6.07) is 7.40. The third kappa shape index (κ3) is 5.49. The van der Waals surface area contributed by atoms with Crippen LogP contribution in [0.3, 0.4) is 0 Å². The number of hydrogen-bond donors (Lipinski definition) is 2. The van der Waals surface area contributed by atoms with Gasteiger partial charge in [0.2, 0.25) is 0 Å². The van der Waals surface area contributed by atoms with Gasteiger partial charge in [0, 0.05) is 24.8 Å². The fourth-order valence-corrected chi connectivity index (χ4v) is 1.78. The van der Waals surface area contributed by atoms with E-state index in [9.17, 15) is 4.79 Å². The molecule has 1 rings (SSSR count). The van der Waals surface area contributed by atoms with E-state index in [0.29, 0.717) is 18.7 Å². The maximum Gasteiger partial charge on any atom is 0.251 e. The number of nitrogens with one attached hydrogen (secondary N) is 1. The van der Waals surface area contributed by atoms with Crippen molar-refractivity contribution in [1.29, 1.82) is 0 Å². The first-order chi connectivity index (χ1) is 9.04. The number of rotatable bonds is 7. The molecule has 0 spiro atoms. The Balaban J connectivity index is 0.00000361. The lowest BCUT2D eigenvalue weighted by molar-refractivity contribution is 0.0942. The van der Waals surface area contributed by atoms with Gasteiger partial charge in [-0.05, 0) is 30.5 Å². The largest absolute Gasteiger partial charge is 0.380 e. The second-order valence-electron chi connectivity index (χ2n) is 4.88. The highest BCUT2D eigenvalue weighted by atomic mass is 35.5. The van der Waals surface area contributed by atoms with Crippen molar-refractivity contribution in [2.75, 3.05) is 13.7 Å². The Morgan fingerprint density at radius 2 is 1.80 bits per heavy atom. The van der Waals surface area contributed by atoms with Crippen LogP contribution in [0.25, 0.3) is 0 Å². The highest BCUT2D eigenvalue weighted by Crippen LogP contribution is 2.10. The first kappa shape index (κ1) is 18.9. The van der Waals surface area contributed by atoms with Crippen LogP contribution in [0.15, 0.2) is 24.3 Å². The van der Waals surface area contributed by atoms with Crippen LogP contribution >= 0.6 is 12.4 Å². The van der Waals surface area contributed by atoms with Gasteiger partial charge in [-0.1, -0.05) is 26.0 Å². The van der Waals surface area contributed by atoms with Gasteiger partial charge >= 0.3 is 0 Å². The quantitative estimate of drug-likeness (QED) is 0.813. The van der Waals surface area contributed by atoms with Crippen molar-refractivity contribution in [3.05, 3.63) is 35.4 Å². The van der Waals surface area contributed by atoms with Crippen molar-refractivity contribution >= 4 is 18.3 Å². The third-order valence-corrected chi connectivity index (χ3v) is 3.54. The molecule has 0 atom stereocenters. The molecule has 0 aliphatic carbocycles. The summed E-state index contributed by atoms with van der Waals surface area (Å²) < 4.78 is 5.03. The molecule has 0 saturated heterocycles. The summed E-state index contributed by atoms with van der Waals surface area (Å²) >= 11 is 0. The van der Waals surface area contributed by atoms with E-state index in [-0.39, 0.29) is 23.9 Å². The van der Waals surface area contributed by atoms with Gasteiger partial charge in [0.15, 0.2) is 0 Å². The lowest BCUT2D eigenvalue weighted by atomic mass is 9.94. The van der Waals surface area contributed by atoms with Crippen LogP contribution in [0.4, 0.5) is 0 Å². The molecule has 0 aliphatic heterocycles. The van der Waals surface area contributed by atoms with Gasteiger partial charge in [-0.2, -0.15) is 0 Å². The first-order valence-electron chi connectivity index (χ1n) is 6.69. The Kier molecular flexibility index (Phi) is 8.46. The molecule has 0 saturated carbocycles. The molecule has 0 aliphatic rings. The van der Waals surface area contributed by atoms with Crippen molar-refractivity contribution in [3.8, 4) is 0 Å². The molecule has 5 heteroatoms. The summed E-state index contributed by atoms with van der Waals surface area (Å²) in [4.78, 5) is 12.0. The van der Waals surface area contributed by atoms with E-state index >= 15 is 0 Å². The Bertz CT molecular complexity index is 403. The number of ether oxygens (including phenoxy) is 1. The van der Waals surface area contributed by atoms with Crippen LogP contribution in [0.1, 0.15) is 42.6 Å². The number of amides is 1. The normalized spacial score (nSPS) is 10.8. The molecule has 0 bridgehead atoms. The smallest absolute Gasteiger partial charge is 0.251 e. The van der Waals surface area contributed by atoms with Gasteiger partial charge in [0.05, 0.1) is 6.61 Å². The minimum absolute atomic E-state index is 0. The van der Waals surface area contributed by atoms with Crippen molar-refractivity contribution in [1.82, 2.24) is 5.32 Å². The van der Waals surface area contributed by atoms with E-state index in [1.807, 2.05) is 26.0 Å². The zero-order chi connectivity index (χ0) is 14.3. The Morgan fingerprint density at radius 3 is 2.25 bits per heavy atom. The van der Waals surface area contributed by atoms with Crippen LogP contribution in [-0.2, 0) is 11.3 Å². The van der Waals surface area contributed by atoms with Gasteiger partial charge in [0.25, 0.3) is 5.91 Å². The number of hydrogen-bond acceptors (Lipinski definition) is 3. The average Bonchev–Trinajstić information content (AvgIpc) is 2.45. The average molecular weight is 301 g/mol. The van der Waals surface area contributed by atoms with Crippen LogP contribution in [-0.4, -0.2) is 25.1 Å². The molecular formula is C15H25ClN2O2. The molecule has 4 nitrogen and oxygen atoms in total. The summed E-state index contributed by atoms with van der Waals surface area (Å²) in [5, 5.41) is 2.90. The van der Waals surface area contributed by atoms with Crippen molar-refractivity contribution in [2.24, 2.45) is 5.73 Å². The van der Waals surface area contributed by atoms with Gasteiger partial charge in [-0.3, -0.25) is 4.79 Å². The monoisotopic (exact) mass is 300 g/mol. The topological polar surface area (TPSA) is 64.3 Å². The van der Waals surface area contributed by atoms with Crippen LogP contribution in [0, 0.1) is 0 Å². The minimum atomic E-state index is -0.314. The minimum Gasteiger partial charge on any atom is -0.380 e. The Labute approximate surface area is 127 Å². The van der Waals surface area contributed by atoms with E-state index in [4.69, 9.17) is 10.5 Å². The summed E-state index contributed by atoms with van der Waals surface area (Å²) in [6.45, 7) is 5.13. The van der Waals surface area contributed by atoms with Gasteiger partial charge in [0.1, 0.15) is 0 Å². The summed E-state index contributed by atoms with van der Waals surface area (Å²) in [6.07, 6.45) is 1.69. The number of nitrogens with two attached hydrogens (primary N) is 1. The maximum atomic E-state index is 12.0. The number of carbonyl (C=O) groups is 1. The predicted octanol–water partition coefficient (Wildman–Crippen LogP) is 2.50. The molecule has 1 amide bonds. The molecule has 1 aromatic carbocycles. The summed E-state index contributed by atoms with van der Waals surface area (Å²) in [7, 11) is 1.65. The Hall–Kier alpha value is -1.10. The first-order valence-corrected chi connectivity index (χ1v) is 6.69. The second-order valence-corrected chi connectivity index (χ2v) is 4.88. The van der Waals surface area contributed by atoms with E-state index < -0.39 is 0 Å². The molecule has 0 unspecified atom stereocenters. The molecule has 0 fully saturated rings.